The van der Waals surface area contributed by atoms with Crippen LogP contribution in [0.15, 0.2) is 23.0 Å². The number of hydrogen-bond donors (Lipinski definition) is 1. The van der Waals surface area contributed by atoms with Gasteiger partial charge in [0.2, 0.25) is 6.79 Å². The SMILES string of the molecule is CC[C@@]1(OC)C(=O)OCc2c1cc1n(c2=O)Cc2c-1nc1cc3c(cc1c2CN)OCO3. The van der Waals surface area contributed by atoms with E-state index in [9.17, 15) is 9.59 Å². The summed E-state index contributed by atoms with van der Waals surface area (Å²) in [6.45, 7) is 2.55. The summed E-state index contributed by atoms with van der Waals surface area (Å²) in [4.78, 5) is 31.0. The van der Waals surface area contributed by atoms with E-state index in [1.807, 2.05) is 25.1 Å². The summed E-state index contributed by atoms with van der Waals surface area (Å²) in [5, 5.41) is 0.874. The van der Waals surface area contributed by atoms with Crippen molar-refractivity contribution in [3.8, 4) is 22.9 Å². The number of hydrogen-bond acceptors (Lipinski definition) is 8. The van der Waals surface area contributed by atoms with Gasteiger partial charge in [0.15, 0.2) is 17.1 Å². The molecule has 0 saturated carbocycles. The molecule has 6 rings (SSSR count). The summed E-state index contributed by atoms with van der Waals surface area (Å²) < 4.78 is 23.7. The average molecular weight is 435 g/mol. The zero-order valence-corrected chi connectivity index (χ0v) is 17.7. The summed E-state index contributed by atoms with van der Waals surface area (Å²) >= 11 is 0. The maximum atomic E-state index is 13.5. The van der Waals surface area contributed by atoms with E-state index in [2.05, 4.69) is 0 Å². The largest absolute Gasteiger partial charge is 0.458 e. The zero-order valence-electron chi connectivity index (χ0n) is 17.7. The maximum Gasteiger partial charge on any atom is 0.343 e. The molecule has 9 heteroatoms. The van der Waals surface area contributed by atoms with Crippen LogP contribution >= 0.6 is 0 Å². The van der Waals surface area contributed by atoms with Crippen LogP contribution in [-0.2, 0) is 39.6 Å². The molecule has 32 heavy (non-hydrogen) atoms. The Kier molecular flexibility index (Phi) is 3.94. The van der Waals surface area contributed by atoms with Gasteiger partial charge in [0, 0.05) is 36.2 Å². The molecule has 5 heterocycles. The Hall–Kier alpha value is -3.43. The standard InChI is InChI=1S/C23H21N3O6/c1-3-23(29-2)15-5-17-20-13(8-26(17)21(27)14(15)9-30-22(23)28)12(7-24)11-4-18-19(32-10-31-18)6-16(11)25-20/h4-6H,3,7-10,24H2,1-2H3/t23-/m0/s1. The Bertz CT molecular complexity index is 1390. The number of benzene rings is 1. The molecule has 1 atom stereocenters. The molecule has 1 aromatic carbocycles. The van der Waals surface area contributed by atoms with E-state index >= 15 is 0 Å². The van der Waals surface area contributed by atoms with E-state index in [-0.39, 0.29) is 25.5 Å². The number of methoxy groups -OCH3 is 1. The molecule has 2 N–H and O–H groups in total. The lowest BCUT2D eigenvalue weighted by atomic mass is 9.85. The molecule has 0 aliphatic carbocycles. The summed E-state index contributed by atoms with van der Waals surface area (Å²) in [5.74, 6) is 0.792. The quantitative estimate of drug-likeness (QED) is 0.486. The number of aromatic nitrogens is 2. The number of cyclic esters (lactones) is 1. The fourth-order valence-corrected chi connectivity index (χ4v) is 5.11. The number of nitrogens with zero attached hydrogens (tertiary/aromatic N) is 2. The molecule has 3 aliphatic heterocycles. The minimum absolute atomic E-state index is 0.0741. The van der Waals surface area contributed by atoms with E-state index in [4.69, 9.17) is 29.7 Å². The predicted molar refractivity (Wildman–Crippen MR) is 113 cm³/mol. The molecule has 9 nitrogen and oxygen atoms in total. The second kappa shape index (κ2) is 6.54. The molecule has 0 fully saturated rings. The number of nitrogens with two attached hydrogens (primary N) is 1. The molecule has 0 spiro atoms. The average Bonchev–Trinajstić information content (AvgIpc) is 3.41. The molecule has 0 unspecified atom stereocenters. The first kappa shape index (κ1) is 19.3. The van der Waals surface area contributed by atoms with Gasteiger partial charge in [-0.2, -0.15) is 0 Å². The van der Waals surface area contributed by atoms with Crippen molar-refractivity contribution in [1.82, 2.24) is 9.55 Å². The summed E-state index contributed by atoms with van der Waals surface area (Å²) in [6, 6.07) is 5.57. The Balaban J connectivity index is 1.65. The molecule has 2 aromatic heterocycles. The Labute approximate surface area is 182 Å². The maximum absolute atomic E-state index is 13.5. The van der Waals surface area contributed by atoms with Crippen LogP contribution in [0.25, 0.3) is 22.3 Å². The highest BCUT2D eigenvalue weighted by atomic mass is 16.7. The molecule has 164 valence electrons. The van der Waals surface area contributed by atoms with Crippen LogP contribution in [0.5, 0.6) is 11.5 Å². The number of ether oxygens (including phenoxy) is 4. The summed E-state index contributed by atoms with van der Waals surface area (Å²) in [5.41, 5.74) is 9.45. The van der Waals surface area contributed by atoms with Crippen LogP contribution in [0.1, 0.15) is 35.6 Å². The smallest absolute Gasteiger partial charge is 0.343 e. The van der Waals surface area contributed by atoms with Crippen molar-refractivity contribution in [2.75, 3.05) is 13.9 Å². The molecule has 0 amide bonds. The molecule has 0 radical (unpaired) electrons. The summed E-state index contributed by atoms with van der Waals surface area (Å²) in [7, 11) is 1.46. The molecule has 3 aliphatic rings. The van der Waals surface area contributed by atoms with Crippen molar-refractivity contribution in [3.05, 3.63) is 50.8 Å². The van der Waals surface area contributed by atoms with Crippen LogP contribution in [0, 0.1) is 0 Å². The number of fused-ring (bicyclic) bond motifs is 6. The van der Waals surface area contributed by atoms with Gasteiger partial charge in [-0.05, 0) is 24.1 Å². The molecule has 0 bridgehead atoms. The van der Waals surface area contributed by atoms with Crippen molar-refractivity contribution >= 4 is 16.9 Å². The topological polar surface area (TPSA) is 115 Å². The van der Waals surface area contributed by atoms with Gasteiger partial charge in [-0.3, -0.25) is 4.79 Å². The monoisotopic (exact) mass is 435 g/mol. The van der Waals surface area contributed by atoms with Gasteiger partial charge in [-0.15, -0.1) is 0 Å². The lowest BCUT2D eigenvalue weighted by Gasteiger charge is -2.34. The van der Waals surface area contributed by atoms with Crippen molar-refractivity contribution in [2.45, 2.75) is 38.6 Å². The third-order valence-electron chi connectivity index (χ3n) is 6.82. The van der Waals surface area contributed by atoms with Gasteiger partial charge in [0.05, 0.1) is 29.0 Å². The highest BCUT2D eigenvalue weighted by Gasteiger charge is 2.47. The van der Waals surface area contributed by atoms with E-state index in [1.165, 1.54) is 7.11 Å². The van der Waals surface area contributed by atoms with Crippen molar-refractivity contribution in [1.29, 1.82) is 0 Å². The molecule has 3 aromatic rings. The first-order valence-electron chi connectivity index (χ1n) is 10.5. The number of rotatable bonds is 3. The lowest BCUT2D eigenvalue weighted by molar-refractivity contribution is -0.176. The van der Waals surface area contributed by atoms with Crippen LogP contribution in [0.3, 0.4) is 0 Å². The lowest BCUT2D eigenvalue weighted by Crippen LogP contribution is -2.45. The third-order valence-corrected chi connectivity index (χ3v) is 6.82. The molecule has 0 saturated heterocycles. The normalized spacial score (nSPS) is 20.2. The van der Waals surface area contributed by atoms with Crippen molar-refractivity contribution in [3.63, 3.8) is 0 Å². The van der Waals surface area contributed by atoms with E-state index < -0.39 is 11.6 Å². The predicted octanol–water partition coefficient (Wildman–Crippen LogP) is 1.92. The van der Waals surface area contributed by atoms with Crippen LogP contribution < -0.4 is 20.8 Å². The second-order valence-corrected chi connectivity index (χ2v) is 8.12. The van der Waals surface area contributed by atoms with E-state index in [0.29, 0.717) is 52.5 Å². The highest BCUT2D eigenvalue weighted by Crippen LogP contribution is 2.43. The highest BCUT2D eigenvalue weighted by molar-refractivity contribution is 5.91. The van der Waals surface area contributed by atoms with E-state index in [0.717, 1.165) is 16.5 Å². The Morgan fingerprint density at radius 1 is 1.16 bits per heavy atom. The molecular formula is C23H21N3O6. The first-order valence-corrected chi connectivity index (χ1v) is 10.5. The molecular weight excluding hydrogens is 414 g/mol. The van der Waals surface area contributed by atoms with Gasteiger partial charge < -0.3 is 29.2 Å². The minimum Gasteiger partial charge on any atom is -0.458 e. The fourth-order valence-electron chi connectivity index (χ4n) is 5.11. The minimum atomic E-state index is -1.31. The number of carbonyl (C=O) groups excluding carboxylic acids is 1. The zero-order chi connectivity index (χ0) is 22.2. The number of pyridine rings is 2. The Morgan fingerprint density at radius 2 is 1.94 bits per heavy atom. The fraction of sp³-hybridized carbons (Fsp3) is 0.348. The van der Waals surface area contributed by atoms with Crippen molar-refractivity contribution in [2.24, 2.45) is 5.73 Å². The van der Waals surface area contributed by atoms with Gasteiger partial charge in [-0.25, -0.2) is 9.78 Å². The first-order chi connectivity index (χ1) is 15.5. The van der Waals surface area contributed by atoms with Crippen molar-refractivity contribution < 1.29 is 23.7 Å². The van der Waals surface area contributed by atoms with E-state index in [1.54, 1.807) is 4.57 Å². The number of esters is 1. The van der Waals surface area contributed by atoms with Gasteiger partial charge in [-0.1, -0.05) is 6.92 Å². The van der Waals surface area contributed by atoms with Crippen LogP contribution in [-0.4, -0.2) is 29.4 Å². The summed E-state index contributed by atoms with van der Waals surface area (Å²) in [6.07, 6.45) is 0.341. The van der Waals surface area contributed by atoms with Gasteiger partial charge >= 0.3 is 5.97 Å². The Morgan fingerprint density at radius 3 is 2.66 bits per heavy atom. The van der Waals surface area contributed by atoms with Crippen LogP contribution in [0.2, 0.25) is 0 Å². The van der Waals surface area contributed by atoms with Gasteiger partial charge in [0.25, 0.3) is 5.56 Å². The second-order valence-electron chi connectivity index (χ2n) is 8.12. The third kappa shape index (κ3) is 2.27. The van der Waals surface area contributed by atoms with Crippen LogP contribution in [0.4, 0.5) is 0 Å². The number of carbonyl (C=O) groups is 1. The van der Waals surface area contributed by atoms with Gasteiger partial charge in [0.1, 0.15) is 6.61 Å².